The molecule has 1 aliphatic rings. The normalized spacial score (nSPS) is 22.0. The lowest BCUT2D eigenvalue weighted by molar-refractivity contribution is -0.384. The van der Waals surface area contributed by atoms with E-state index in [9.17, 15) is 10.1 Å². The molecule has 1 saturated heterocycles. The Balaban J connectivity index is 1.74. The molecule has 0 spiro atoms. The van der Waals surface area contributed by atoms with Crippen LogP contribution in [-0.2, 0) is 6.42 Å². The number of hydrogen-bond donors (Lipinski definition) is 3. The minimum Gasteiger partial charge on any atom is -0.316 e. The molecule has 2 unspecified atom stereocenters. The summed E-state index contributed by atoms with van der Waals surface area (Å²) in [4.78, 5) is 10.2. The minimum atomic E-state index is -0.366. The predicted molar refractivity (Wildman–Crippen MR) is 87.5 cm³/mol. The summed E-state index contributed by atoms with van der Waals surface area (Å²) < 4.78 is 0. The largest absolute Gasteiger partial charge is 0.316 e. The maximum atomic E-state index is 10.6. The zero-order valence-electron chi connectivity index (χ0n) is 13.6. The molecule has 2 rings (SSSR count). The number of rotatable bonds is 6. The molecule has 1 aromatic rings. The second-order valence-corrected chi connectivity index (χ2v) is 7.01. The molecule has 1 fully saturated rings. The molecular weight excluding hydrogens is 280 g/mol. The van der Waals surface area contributed by atoms with Crippen molar-refractivity contribution >= 4 is 5.69 Å². The summed E-state index contributed by atoms with van der Waals surface area (Å²) in [7, 11) is 0. The fourth-order valence-electron chi connectivity index (χ4n) is 2.95. The van der Waals surface area contributed by atoms with E-state index >= 15 is 0 Å². The van der Waals surface area contributed by atoms with Crippen molar-refractivity contribution < 1.29 is 4.92 Å². The molecule has 0 radical (unpaired) electrons. The topological polar surface area (TPSA) is 79.2 Å². The van der Waals surface area contributed by atoms with Gasteiger partial charge in [0.2, 0.25) is 0 Å². The van der Waals surface area contributed by atoms with Crippen LogP contribution in [0.25, 0.3) is 0 Å². The van der Waals surface area contributed by atoms with Gasteiger partial charge in [-0.15, -0.1) is 0 Å². The fraction of sp³-hybridized carbons (Fsp3) is 0.625. The van der Waals surface area contributed by atoms with Gasteiger partial charge < -0.3 is 5.32 Å². The van der Waals surface area contributed by atoms with Crippen molar-refractivity contribution in [3.8, 4) is 0 Å². The molecule has 0 aromatic heterocycles. The Labute approximate surface area is 131 Å². The van der Waals surface area contributed by atoms with Crippen LogP contribution >= 0.6 is 0 Å². The molecule has 0 bridgehead atoms. The molecule has 22 heavy (non-hydrogen) atoms. The quantitative estimate of drug-likeness (QED) is 0.425. The van der Waals surface area contributed by atoms with Gasteiger partial charge in [-0.2, -0.15) is 0 Å². The molecule has 1 aliphatic heterocycles. The standard InChI is InChI=1S/C16H26N4O2/c1-16(2,3)15-13(11-18-19-15)10-17-9-8-12-4-6-14(7-5-12)20(21)22/h4-7,13,15,17-19H,8-11H2,1-3H3. The molecule has 0 aliphatic carbocycles. The first-order valence-corrected chi connectivity index (χ1v) is 7.80. The van der Waals surface area contributed by atoms with Crippen molar-refractivity contribution in [1.82, 2.24) is 16.2 Å². The number of hydrazine groups is 1. The number of benzene rings is 1. The molecule has 0 saturated carbocycles. The molecular formula is C16H26N4O2. The monoisotopic (exact) mass is 306 g/mol. The van der Waals surface area contributed by atoms with Gasteiger partial charge in [-0.25, -0.2) is 0 Å². The van der Waals surface area contributed by atoms with E-state index in [0.29, 0.717) is 12.0 Å². The molecule has 2 atom stereocenters. The van der Waals surface area contributed by atoms with Gasteiger partial charge in [0.15, 0.2) is 0 Å². The summed E-state index contributed by atoms with van der Waals surface area (Å²) in [5.74, 6) is 0.567. The van der Waals surface area contributed by atoms with Crippen LogP contribution in [0.4, 0.5) is 5.69 Å². The number of nitrogens with one attached hydrogen (secondary N) is 3. The summed E-state index contributed by atoms with van der Waals surface area (Å²) in [5.41, 5.74) is 8.11. The van der Waals surface area contributed by atoms with Crippen LogP contribution in [0, 0.1) is 21.4 Å². The smallest absolute Gasteiger partial charge is 0.269 e. The van der Waals surface area contributed by atoms with Gasteiger partial charge >= 0.3 is 0 Å². The van der Waals surface area contributed by atoms with Crippen LogP contribution < -0.4 is 16.2 Å². The Kier molecular flexibility index (Phi) is 5.50. The van der Waals surface area contributed by atoms with E-state index in [-0.39, 0.29) is 16.0 Å². The van der Waals surface area contributed by atoms with Crippen LogP contribution in [0.2, 0.25) is 0 Å². The number of nitrogens with zero attached hydrogens (tertiary/aromatic N) is 1. The van der Waals surface area contributed by atoms with E-state index < -0.39 is 0 Å². The van der Waals surface area contributed by atoms with Gasteiger partial charge in [-0.1, -0.05) is 32.9 Å². The second-order valence-electron chi connectivity index (χ2n) is 7.01. The van der Waals surface area contributed by atoms with E-state index in [4.69, 9.17) is 0 Å². The maximum Gasteiger partial charge on any atom is 0.269 e. The number of nitro groups is 1. The highest BCUT2D eigenvalue weighted by Gasteiger charge is 2.35. The summed E-state index contributed by atoms with van der Waals surface area (Å²) in [5, 5.41) is 14.1. The summed E-state index contributed by atoms with van der Waals surface area (Å²) in [6, 6.07) is 7.25. The lowest BCUT2D eigenvalue weighted by atomic mass is 9.80. The van der Waals surface area contributed by atoms with Crippen molar-refractivity contribution in [3.63, 3.8) is 0 Å². The van der Waals surface area contributed by atoms with Gasteiger partial charge in [0, 0.05) is 37.2 Å². The third kappa shape index (κ3) is 4.50. The molecule has 1 aromatic carbocycles. The highest BCUT2D eigenvalue weighted by molar-refractivity contribution is 5.32. The molecule has 122 valence electrons. The van der Waals surface area contributed by atoms with Gasteiger partial charge in [-0.3, -0.25) is 21.0 Å². The Morgan fingerprint density at radius 2 is 2.00 bits per heavy atom. The number of non-ortho nitro benzene ring substituents is 1. The van der Waals surface area contributed by atoms with Crippen LogP contribution in [0.5, 0.6) is 0 Å². The Bertz CT molecular complexity index is 496. The third-order valence-electron chi connectivity index (χ3n) is 4.17. The second kappa shape index (κ2) is 7.17. The van der Waals surface area contributed by atoms with Crippen molar-refractivity contribution in [2.45, 2.75) is 33.2 Å². The fourth-order valence-corrected chi connectivity index (χ4v) is 2.95. The SMILES string of the molecule is CC(C)(C)C1NNCC1CNCCc1ccc([N+](=O)[O-])cc1. The molecule has 0 amide bonds. The highest BCUT2D eigenvalue weighted by Crippen LogP contribution is 2.26. The van der Waals surface area contributed by atoms with Crippen LogP contribution in [0.15, 0.2) is 24.3 Å². The molecule has 6 heteroatoms. The minimum absolute atomic E-state index is 0.146. The van der Waals surface area contributed by atoms with Crippen molar-refractivity contribution in [2.75, 3.05) is 19.6 Å². The van der Waals surface area contributed by atoms with E-state index in [1.807, 2.05) is 12.1 Å². The maximum absolute atomic E-state index is 10.6. The third-order valence-corrected chi connectivity index (χ3v) is 4.17. The number of nitro benzene ring substituents is 1. The van der Waals surface area contributed by atoms with Crippen molar-refractivity contribution in [2.24, 2.45) is 11.3 Å². The number of hydrogen-bond acceptors (Lipinski definition) is 5. The van der Waals surface area contributed by atoms with Gasteiger partial charge in [0.05, 0.1) is 4.92 Å². The van der Waals surface area contributed by atoms with Crippen LogP contribution in [0.1, 0.15) is 26.3 Å². The summed E-state index contributed by atoms with van der Waals surface area (Å²) >= 11 is 0. The van der Waals surface area contributed by atoms with Gasteiger partial charge in [-0.05, 0) is 23.9 Å². The summed E-state index contributed by atoms with van der Waals surface area (Å²) in [6.07, 6.45) is 0.881. The highest BCUT2D eigenvalue weighted by atomic mass is 16.6. The van der Waals surface area contributed by atoms with Crippen LogP contribution in [-0.4, -0.2) is 30.6 Å². The average molecular weight is 306 g/mol. The molecule has 3 N–H and O–H groups in total. The first kappa shape index (κ1) is 16.9. The molecule has 1 heterocycles. The Morgan fingerprint density at radius 3 is 2.59 bits per heavy atom. The van der Waals surface area contributed by atoms with E-state index in [2.05, 4.69) is 36.9 Å². The average Bonchev–Trinajstić information content (AvgIpc) is 2.92. The van der Waals surface area contributed by atoms with Crippen molar-refractivity contribution in [1.29, 1.82) is 0 Å². The predicted octanol–water partition coefficient (Wildman–Crippen LogP) is 1.87. The van der Waals surface area contributed by atoms with Crippen molar-refractivity contribution in [3.05, 3.63) is 39.9 Å². The first-order chi connectivity index (χ1) is 10.4. The van der Waals surface area contributed by atoms with E-state index in [0.717, 1.165) is 31.6 Å². The Morgan fingerprint density at radius 1 is 1.32 bits per heavy atom. The van der Waals surface area contributed by atoms with E-state index in [1.54, 1.807) is 12.1 Å². The first-order valence-electron chi connectivity index (χ1n) is 7.80. The lowest BCUT2D eigenvalue weighted by Gasteiger charge is -2.31. The zero-order chi connectivity index (χ0) is 16.2. The summed E-state index contributed by atoms with van der Waals surface area (Å²) in [6.45, 7) is 9.58. The lowest BCUT2D eigenvalue weighted by Crippen LogP contribution is -2.44. The van der Waals surface area contributed by atoms with Gasteiger partial charge in [0.25, 0.3) is 5.69 Å². The Hall–Kier alpha value is -1.50. The zero-order valence-corrected chi connectivity index (χ0v) is 13.6. The van der Waals surface area contributed by atoms with Crippen LogP contribution in [0.3, 0.4) is 0 Å². The van der Waals surface area contributed by atoms with E-state index in [1.165, 1.54) is 0 Å². The van der Waals surface area contributed by atoms with Gasteiger partial charge in [0.1, 0.15) is 0 Å². The molecule has 6 nitrogen and oxygen atoms in total.